The minimum atomic E-state index is -0.706. The van der Waals surface area contributed by atoms with Crippen LogP contribution in [0.5, 0.6) is 0 Å². The van der Waals surface area contributed by atoms with Gasteiger partial charge in [0.2, 0.25) is 5.95 Å². The zero-order valence-electron chi connectivity index (χ0n) is 19.7. The van der Waals surface area contributed by atoms with Crippen LogP contribution in [0.4, 0.5) is 11.6 Å². The first-order valence-corrected chi connectivity index (χ1v) is 11.6. The lowest BCUT2D eigenvalue weighted by Gasteiger charge is -2.34. The van der Waals surface area contributed by atoms with Crippen molar-refractivity contribution < 1.29 is 19.2 Å². The van der Waals surface area contributed by atoms with Crippen LogP contribution >= 0.6 is 0 Å². The summed E-state index contributed by atoms with van der Waals surface area (Å²) in [6, 6.07) is 19.1. The summed E-state index contributed by atoms with van der Waals surface area (Å²) in [6.07, 6.45) is 4.61. The summed E-state index contributed by atoms with van der Waals surface area (Å²) in [5.41, 5.74) is 3.32. The van der Waals surface area contributed by atoms with Gasteiger partial charge in [0.05, 0.1) is 5.69 Å². The van der Waals surface area contributed by atoms with E-state index in [2.05, 4.69) is 20.5 Å². The Labute approximate surface area is 212 Å². The average molecular weight is 498 g/mol. The molecule has 0 bridgehead atoms. The van der Waals surface area contributed by atoms with Gasteiger partial charge in [-0.05, 0) is 30.3 Å². The summed E-state index contributed by atoms with van der Waals surface area (Å²) in [5.74, 6) is -1.19. The second-order valence-corrected chi connectivity index (χ2v) is 8.18. The van der Waals surface area contributed by atoms with Gasteiger partial charge in [-0.2, -0.15) is 0 Å². The number of aromatic nitrogens is 2. The maximum absolute atomic E-state index is 13.6. The molecule has 3 heterocycles. The van der Waals surface area contributed by atoms with Gasteiger partial charge in [-0.15, -0.1) is 0 Å². The molecule has 0 atom stereocenters. The molecule has 2 amide bonds. The van der Waals surface area contributed by atoms with Crippen LogP contribution in [-0.4, -0.2) is 64.5 Å². The van der Waals surface area contributed by atoms with Crippen molar-refractivity contribution in [2.45, 2.75) is 0 Å². The summed E-state index contributed by atoms with van der Waals surface area (Å²) >= 11 is 0. The van der Waals surface area contributed by atoms with Crippen molar-refractivity contribution in [3.05, 3.63) is 96.5 Å². The molecule has 0 unspecified atom stereocenters. The third-order valence-electron chi connectivity index (χ3n) is 5.83. The number of amides is 2. The number of hydrogen-bond acceptors (Lipinski definition) is 9. The van der Waals surface area contributed by atoms with Gasteiger partial charge in [0.25, 0.3) is 11.8 Å². The number of rotatable bonds is 5. The Bertz CT molecular complexity index is 1340. The first-order chi connectivity index (χ1) is 18.1. The van der Waals surface area contributed by atoms with E-state index in [-0.39, 0.29) is 11.4 Å². The van der Waals surface area contributed by atoms with Crippen molar-refractivity contribution in [1.29, 1.82) is 0 Å². The average Bonchev–Trinajstić information content (AvgIpc) is 3.33. The van der Waals surface area contributed by atoms with E-state index in [1.807, 2.05) is 11.0 Å². The summed E-state index contributed by atoms with van der Waals surface area (Å²) in [4.78, 5) is 60.3. The van der Waals surface area contributed by atoms with Gasteiger partial charge >= 0.3 is 5.97 Å². The molecule has 0 spiro atoms. The van der Waals surface area contributed by atoms with E-state index < -0.39 is 17.8 Å². The first kappa shape index (κ1) is 23.8. The Morgan fingerprint density at radius 1 is 0.892 bits per heavy atom. The van der Waals surface area contributed by atoms with E-state index in [9.17, 15) is 14.4 Å². The van der Waals surface area contributed by atoms with E-state index in [4.69, 9.17) is 4.84 Å². The number of anilines is 2. The molecule has 2 aromatic carbocycles. The molecular weight excluding hydrogens is 474 g/mol. The molecule has 186 valence electrons. The third-order valence-corrected chi connectivity index (χ3v) is 5.83. The van der Waals surface area contributed by atoms with Gasteiger partial charge < -0.3 is 14.6 Å². The number of carbonyl (C=O) groups excluding carboxylic acids is 3. The van der Waals surface area contributed by atoms with Crippen molar-refractivity contribution in [3.63, 3.8) is 0 Å². The van der Waals surface area contributed by atoms with Gasteiger partial charge in [-0.25, -0.2) is 24.8 Å². The molecule has 0 aliphatic carbocycles. The Hall–Kier alpha value is -4.90. The minimum Gasteiger partial charge on any atom is -0.345 e. The lowest BCUT2D eigenvalue weighted by molar-refractivity contribution is -0.140. The largest absolute Gasteiger partial charge is 0.376 e. The number of para-hydroxylation sites is 1. The van der Waals surface area contributed by atoms with E-state index in [0.29, 0.717) is 43.4 Å². The molecular formula is C26H23N7O4. The summed E-state index contributed by atoms with van der Waals surface area (Å²) in [5, 5.41) is 1.39. The highest BCUT2D eigenvalue weighted by atomic mass is 16.7. The van der Waals surface area contributed by atoms with E-state index in [1.54, 1.807) is 78.0 Å². The molecule has 11 nitrogen and oxygen atoms in total. The molecule has 2 fully saturated rings. The van der Waals surface area contributed by atoms with Crippen LogP contribution in [0.1, 0.15) is 10.4 Å². The highest BCUT2D eigenvalue weighted by Crippen LogP contribution is 2.22. The van der Waals surface area contributed by atoms with Gasteiger partial charge in [-0.1, -0.05) is 42.0 Å². The highest BCUT2D eigenvalue weighted by Gasteiger charge is 2.32. The molecule has 3 aromatic rings. The maximum Gasteiger partial charge on any atom is 0.376 e. The Kier molecular flexibility index (Phi) is 6.95. The molecule has 37 heavy (non-hydrogen) atoms. The standard InChI is InChI=1S/C26H23N7O4/c34-23(19-8-3-1-4-9-19)29-21(18-22-25(36)37-30-33(22)20-10-5-2-6-11-20)24(35)31-14-16-32(17-15-31)26-27-12-7-13-28-26/h1-13,18,30H,14-17H2/b22-18+,29-21?. The molecule has 11 heteroatoms. The van der Waals surface area contributed by atoms with E-state index >= 15 is 0 Å². The third kappa shape index (κ3) is 5.36. The van der Waals surface area contributed by atoms with Crippen LogP contribution in [-0.2, 0) is 14.4 Å². The maximum atomic E-state index is 13.6. The number of piperazine rings is 1. The molecule has 0 radical (unpaired) electrons. The zero-order valence-corrected chi connectivity index (χ0v) is 19.7. The van der Waals surface area contributed by atoms with Crippen molar-refractivity contribution in [2.75, 3.05) is 36.1 Å². The molecule has 5 rings (SSSR count). The second-order valence-electron chi connectivity index (χ2n) is 8.18. The molecule has 1 N–H and O–H groups in total. The summed E-state index contributed by atoms with van der Waals surface area (Å²) in [6.45, 7) is 1.74. The SMILES string of the molecule is O=C1ONN(c2ccccc2)/C1=C/C(=NC(=O)c1ccccc1)C(=O)N1CCN(c2ncccn2)CC1. The van der Waals surface area contributed by atoms with E-state index in [0.717, 1.165) is 0 Å². The quantitative estimate of drug-likeness (QED) is 0.415. The lowest BCUT2D eigenvalue weighted by atomic mass is 10.2. The Morgan fingerprint density at radius 2 is 1.54 bits per heavy atom. The van der Waals surface area contributed by atoms with Crippen LogP contribution in [0.15, 0.2) is 95.9 Å². The fraction of sp³-hybridized carbons (Fsp3) is 0.154. The van der Waals surface area contributed by atoms with E-state index in [1.165, 1.54) is 11.1 Å². The van der Waals surface area contributed by atoms with Crippen LogP contribution in [0.3, 0.4) is 0 Å². The minimum absolute atomic E-state index is 0.0236. The highest BCUT2D eigenvalue weighted by molar-refractivity contribution is 6.45. The van der Waals surface area contributed by atoms with Crippen LogP contribution in [0.25, 0.3) is 0 Å². The second kappa shape index (κ2) is 10.8. The van der Waals surface area contributed by atoms with Crippen molar-refractivity contribution in [1.82, 2.24) is 20.5 Å². The van der Waals surface area contributed by atoms with Gasteiger partial charge in [0.1, 0.15) is 5.71 Å². The Morgan fingerprint density at radius 3 is 2.22 bits per heavy atom. The van der Waals surface area contributed by atoms with Crippen molar-refractivity contribution >= 4 is 35.1 Å². The first-order valence-electron chi connectivity index (χ1n) is 11.6. The number of benzene rings is 2. The van der Waals surface area contributed by atoms with Gasteiger partial charge in [0, 0.05) is 50.2 Å². The Balaban J connectivity index is 1.44. The van der Waals surface area contributed by atoms with Crippen molar-refractivity contribution in [3.8, 4) is 0 Å². The number of hydrazine groups is 1. The molecule has 1 aromatic heterocycles. The zero-order chi connectivity index (χ0) is 25.6. The molecule has 0 saturated carbocycles. The topological polar surface area (TPSA) is 120 Å². The van der Waals surface area contributed by atoms with Crippen LogP contribution in [0, 0.1) is 0 Å². The smallest absolute Gasteiger partial charge is 0.345 e. The van der Waals surface area contributed by atoms with Crippen molar-refractivity contribution in [2.24, 2.45) is 4.99 Å². The monoisotopic (exact) mass is 497 g/mol. The molecule has 2 aliphatic heterocycles. The number of aliphatic imine (C=N–C) groups is 1. The number of nitrogens with one attached hydrogen (secondary N) is 1. The molecule has 2 aliphatic rings. The summed E-state index contributed by atoms with van der Waals surface area (Å²) < 4.78 is 0. The predicted octanol–water partition coefficient (Wildman–Crippen LogP) is 1.77. The lowest BCUT2D eigenvalue weighted by Crippen LogP contribution is -2.51. The normalized spacial score (nSPS) is 17.2. The number of carbonyl (C=O) groups is 3. The van der Waals surface area contributed by atoms with Gasteiger partial charge in [0.15, 0.2) is 5.70 Å². The number of hydrogen-bond donors (Lipinski definition) is 1. The van der Waals surface area contributed by atoms with Crippen LogP contribution in [0.2, 0.25) is 0 Å². The fourth-order valence-corrected chi connectivity index (χ4v) is 3.92. The number of nitrogens with zero attached hydrogens (tertiary/aromatic N) is 6. The fourth-order valence-electron chi connectivity index (χ4n) is 3.92. The van der Waals surface area contributed by atoms with Crippen LogP contribution < -0.4 is 15.5 Å². The summed E-state index contributed by atoms with van der Waals surface area (Å²) in [7, 11) is 0. The van der Waals surface area contributed by atoms with Gasteiger partial charge in [-0.3, -0.25) is 9.59 Å². The molecule has 2 saturated heterocycles. The predicted molar refractivity (Wildman–Crippen MR) is 135 cm³/mol.